The molecule has 0 spiro atoms. The number of rotatable bonds is 5. The molecule has 2 unspecified atom stereocenters. The Bertz CT molecular complexity index is 1370. The van der Waals surface area contributed by atoms with Gasteiger partial charge in [-0.3, -0.25) is 9.48 Å². The molecule has 204 valence electrons. The predicted octanol–water partition coefficient (Wildman–Crippen LogP) is 6.05. The van der Waals surface area contributed by atoms with E-state index in [1.165, 1.54) is 16.8 Å². The first-order valence-corrected chi connectivity index (χ1v) is 12.8. The van der Waals surface area contributed by atoms with Gasteiger partial charge in [-0.1, -0.05) is 11.6 Å². The summed E-state index contributed by atoms with van der Waals surface area (Å²) in [5.41, 5.74) is -1.59. The number of carbonyl (C=O) groups excluding carboxylic acids is 1. The van der Waals surface area contributed by atoms with E-state index in [9.17, 15) is 27.5 Å². The SMILES string of the molecule is CC(C)n1cc(C(F)(F)F)c(C2(O)CC3CC(c4ncn(C)c4C(=O)Nc4ccc(F)c(Cl)c4)CC3C2)n1. The molecule has 0 bridgehead atoms. The lowest BCUT2D eigenvalue weighted by molar-refractivity contribution is -0.140. The maximum Gasteiger partial charge on any atom is 0.419 e. The second-order valence-corrected chi connectivity index (χ2v) is 11.2. The summed E-state index contributed by atoms with van der Waals surface area (Å²) in [7, 11) is 1.70. The number of hydrogen-bond donors (Lipinski definition) is 2. The van der Waals surface area contributed by atoms with E-state index in [0.29, 0.717) is 29.9 Å². The van der Waals surface area contributed by atoms with Gasteiger partial charge in [0.15, 0.2) is 0 Å². The van der Waals surface area contributed by atoms with Crippen molar-refractivity contribution in [2.24, 2.45) is 18.9 Å². The summed E-state index contributed by atoms with van der Waals surface area (Å²) in [4.78, 5) is 17.6. The summed E-state index contributed by atoms with van der Waals surface area (Å²) in [5.74, 6) is -1.19. The number of halogens is 5. The van der Waals surface area contributed by atoms with E-state index in [1.54, 1.807) is 31.8 Å². The van der Waals surface area contributed by atoms with Crippen molar-refractivity contribution >= 4 is 23.2 Å². The van der Waals surface area contributed by atoms with Crippen LogP contribution in [0.1, 0.15) is 78.9 Å². The Labute approximate surface area is 221 Å². The van der Waals surface area contributed by atoms with Gasteiger partial charge in [0.25, 0.3) is 5.91 Å². The monoisotopic (exact) mass is 553 g/mol. The van der Waals surface area contributed by atoms with Crippen molar-refractivity contribution in [3.8, 4) is 0 Å². The maximum absolute atomic E-state index is 13.8. The molecule has 0 saturated heterocycles. The largest absolute Gasteiger partial charge is 0.419 e. The topological polar surface area (TPSA) is 85.0 Å². The Hall–Kier alpha value is -2.92. The van der Waals surface area contributed by atoms with Gasteiger partial charge in [0.05, 0.1) is 22.6 Å². The van der Waals surface area contributed by atoms with Crippen molar-refractivity contribution in [3.63, 3.8) is 0 Å². The van der Waals surface area contributed by atoms with Crippen molar-refractivity contribution in [1.29, 1.82) is 0 Å². The average Bonchev–Trinajstić information content (AvgIpc) is 3.57. The summed E-state index contributed by atoms with van der Waals surface area (Å²) in [6, 6.07) is 3.61. The van der Waals surface area contributed by atoms with E-state index in [-0.39, 0.29) is 47.4 Å². The highest BCUT2D eigenvalue weighted by Crippen LogP contribution is 2.57. The van der Waals surface area contributed by atoms with Crippen LogP contribution in [0, 0.1) is 17.7 Å². The van der Waals surface area contributed by atoms with Crippen LogP contribution < -0.4 is 5.32 Å². The van der Waals surface area contributed by atoms with Gasteiger partial charge in [-0.05, 0) is 69.6 Å². The number of nitrogens with one attached hydrogen (secondary N) is 1. The molecule has 7 nitrogen and oxygen atoms in total. The second kappa shape index (κ2) is 9.37. The Balaban J connectivity index is 1.35. The molecule has 0 radical (unpaired) electrons. The second-order valence-electron chi connectivity index (χ2n) is 10.8. The zero-order chi connectivity index (χ0) is 27.6. The molecule has 2 atom stereocenters. The minimum Gasteiger partial charge on any atom is -0.383 e. The summed E-state index contributed by atoms with van der Waals surface area (Å²) in [6.07, 6.45) is -0.618. The Kier molecular flexibility index (Phi) is 6.58. The molecule has 2 N–H and O–H groups in total. The van der Waals surface area contributed by atoms with Crippen LogP contribution in [-0.2, 0) is 18.8 Å². The normalized spacial score (nSPS) is 25.3. The zero-order valence-corrected chi connectivity index (χ0v) is 21.8. The molecule has 1 aromatic carbocycles. The van der Waals surface area contributed by atoms with Crippen LogP contribution in [0.4, 0.5) is 23.2 Å². The number of anilines is 1. The summed E-state index contributed by atoms with van der Waals surface area (Å²) < 4.78 is 57.8. The summed E-state index contributed by atoms with van der Waals surface area (Å²) >= 11 is 5.83. The number of aliphatic hydroxyl groups is 1. The number of amides is 1. The number of benzene rings is 1. The van der Waals surface area contributed by atoms with Crippen molar-refractivity contribution in [2.75, 3.05) is 5.32 Å². The number of aromatic nitrogens is 4. The molecule has 3 aromatic rings. The third-order valence-electron chi connectivity index (χ3n) is 7.79. The van der Waals surface area contributed by atoms with E-state index < -0.39 is 29.1 Å². The standard InChI is InChI=1S/C26H28ClF4N5O2/c1-13(2)36-11-18(26(29,30)31)23(34-36)25(38)9-15-6-14(7-16(15)10-25)21-22(35(3)12-32-21)24(37)33-17-4-5-20(28)19(27)8-17/h4-5,8,11-16,38H,6-7,9-10H2,1-3H3,(H,33,37). The number of imidazole rings is 1. The summed E-state index contributed by atoms with van der Waals surface area (Å²) in [5, 5.41) is 18.2. The fourth-order valence-electron chi connectivity index (χ4n) is 6.07. The Morgan fingerprint density at radius 2 is 1.89 bits per heavy atom. The van der Waals surface area contributed by atoms with Gasteiger partial charge in [0.1, 0.15) is 22.8 Å². The van der Waals surface area contributed by atoms with Crippen molar-refractivity contribution in [3.05, 3.63) is 64.2 Å². The first-order chi connectivity index (χ1) is 17.8. The number of alkyl halides is 3. The van der Waals surface area contributed by atoms with Crippen LogP contribution in [0.2, 0.25) is 5.02 Å². The van der Waals surface area contributed by atoms with Crippen molar-refractivity contribution in [1.82, 2.24) is 19.3 Å². The van der Waals surface area contributed by atoms with Crippen LogP contribution >= 0.6 is 11.6 Å². The molecular weight excluding hydrogens is 526 g/mol. The number of fused-ring (bicyclic) bond motifs is 1. The lowest BCUT2D eigenvalue weighted by Crippen LogP contribution is -2.27. The van der Waals surface area contributed by atoms with Crippen molar-refractivity contribution in [2.45, 2.75) is 63.3 Å². The van der Waals surface area contributed by atoms with Gasteiger partial charge in [-0.2, -0.15) is 18.3 Å². The first-order valence-electron chi connectivity index (χ1n) is 12.4. The molecule has 5 rings (SSSR count). The maximum atomic E-state index is 13.8. The molecule has 2 saturated carbocycles. The van der Waals surface area contributed by atoms with Crippen LogP contribution in [0.25, 0.3) is 0 Å². The van der Waals surface area contributed by atoms with Crippen LogP contribution in [0.5, 0.6) is 0 Å². The molecule has 12 heteroatoms. The highest BCUT2D eigenvalue weighted by Gasteiger charge is 2.54. The van der Waals surface area contributed by atoms with Crippen molar-refractivity contribution < 1.29 is 27.5 Å². The van der Waals surface area contributed by atoms with Gasteiger partial charge >= 0.3 is 6.18 Å². The third-order valence-corrected chi connectivity index (χ3v) is 8.08. The minimum absolute atomic E-state index is 0.0379. The molecule has 0 aliphatic heterocycles. The minimum atomic E-state index is -4.62. The number of nitrogens with zero attached hydrogens (tertiary/aromatic N) is 4. The smallest absolute Gasteiger partial charge is 0.383 e. The molecule has 2 fully saturated rings. The lowest BCUT2D eigenvalue weighted by Gasteiger charge is -2.24. The van der Waals surface area contributed by atoms with E-state index in [1.807, 2.05) is 0 Å². The quantitative estimate of drug-likeness (QED) is 0.377. The molecule has 2 aliphatic carbocycles. The predicted molar refractivity (Wildman–Crippen MR) is 132 cm³/mol. The summed E-state index contributed by atoms with van der Waals surface area (Å²) in [6.45, 7) is 3.47. The molecule has 1 amide bonds. The number of aryl methyl sites for hydroxylation is 1. The highest BCUT2D eigenvalue weighted by molar-refractivity contribution is 6.31. The fourth-order valence-corrected chi connectivity index (χ4v) is 6.26. The number of hydrogen-bond acceptors (Lipinski definition) is 4. The van der Waals surface area contributed by atoms with E-state index in [4.69, 9.17) is 11.6 Å². The van der Waals surface area contributed by atoms with E-state index >= 15 is 0 Å². The van der Waals surface area contributed by atoms with Crippen LogP contribution in [0.15, 0.2) is 30.7 Å². The fraction of sp³-hybridized carbons (Fsp3) is 0.500. The molecule has 38 heavy (non-hydrogen) atoms. The molecule has 2 aliphatic rings. The molecule has 2 heterocycles. The Morgan fingerprint density at radius 3 is 2.47 bits per heavy atom. The van der Waals surface area contributed by atoms with Gasteiger partial charge in [-0.25, -0.2) is 9.37 Å². The van der Waals surface area contributed by atoms with E-state index in [2.05, 4.69) is 15.4 Å². The Morgan fingerprint density at radius 1 is 1.24 bits per heavy atom. The third kappa shape index (κ3) is 4.70. The first kappa shape index (κ1) is 26.7. The lowest BCUT2D eigenvalue weighted by atomic mass is 9.88. The molecular formula is C26H28ClF4N5O2. The highest BCUT2D eigenvalue weighted by atomic mass is 35.5. The van der Waals surface area contributed by atoms with Crippen LogP contribution in [0.3, 0.4) is 0 Å². The molecule has 2 aromatic heterocycles. The van der Waals surface area contributed by atoms with Gasteiger partial charge in [0, 0.05) is 30.9 Å². The van der Waals surface area contributed by atoms with Gasteiger partial charge in [-0.15, -0.1) is 0 Å². The van der Waals surface area contributed by atoms with Crippen LogP contribution in [-0.4, -0.2) is 30.3 Å². The van der Waals surface area contributed by atoms with E-state index in [0.717, 1.165) is 12.3 Å². The number of carbonyl (C=O) groups is 1. The van der Waals surface area contributed by atoms with Gasteiger partial charge < -0.3 is 15.0 Å². The zero-order valence-electron chi connectivity index (χ0n) is 21.1. The van der Waals surface area contributed by atoms with Gasteiger partial charge in [0.2, 0.25) is 0 Å². The average molecular weight is 554 g/mol.